The normalized spacial score (nSPS) is 21.8. The molecule has 0 aromatic heterocycles. The lowest BCUT2D eigenvalue weighted by atomic mass is 9.93. The van der Waals surface area contributed by atoms with Crippen LogP contribution >= 0.6 is 0 Å². The number of nitrogens with one attached hydrogen (secondary N) is 1. The fourth-order valence-corrected chi connectivity index (χ4v) is 2.57. The van der Waals surface area contributed by atoms with Gasteiger partial charge in [-0.1, -0.05) is 13.3 Å². The number of hydrazine groups is 1. The first-order valence-electron chi connectivity index (χ1n) is 6.39. The number of piperazine rings is 1. The molecule has 1 aliphatic rings. The van der Waals surface area contributed by atoms with Gasteiger partial charge in [0.2, 0.25) is 5.91 Å². The zero-order valence-corrected chi connectivity index (χ0v) is 11.7. The number of hydrogen-bond acceptors (Lipinski definition) is 4. The lowest BCUT2D eigenvalue weighted by molar-refractivity contribution is -0.152. The van der Waals surface area contributed by atoms with Gasteiger partial charge in [0.15, 0.2) is 0 Å². The maximum absolute atomic E-state index is 12.2. The van der Waals surface area contributed by atoms with Crippen LogP contribution in [-0.4, -0.2) is 53.3 Å². The second kappa shape index (κ2) is 5.67. The molecule has 0 aromatic carbocycles. The molecule has 2 amide bonds. The summed E-state index contributed by atoms with van der Waals surface area (Å²) in [4.78, 5) is 27.7. The fraction of sp³-hybridized carbons (Fsp3) is 0.833. The van der Waals surface area contributed by atoms with Crippen molar-refractivity contribution in [1.82, 2.24) is 15.2 Å². The topological polar surface area (TPSA) is 78.7 Å². The van der Waals surface area contributed by atoms with E-state index in [0.717, 1.165) is 6.42 Å². The Labute approximate surface area is 108 Å². The van der Waals surface area contributed by atoms with E-state index in [2.05, 4.69) is 5.43 Å². The maximum atomic E-state index is 12.2. The molecule has 1 unspecified atom stereocenters. The summed E-state index contributed by atoms with van der Waals surface area (Å²) in [6.07, 6.45) is 1.57. The molecule has 1 aliphatic heterocycles. The Bertz CT molecular complexity index is 330. The number of nitrogens with two attached hydrogens (primary N) is 1. The number of rotatable bonds is 4. The molecule has 0 bridgehead atoms. The number of amides is 2. The highest BCUT2D eigenvalue weighted by Crippen LogP contribution is 2.26. The molecule has 1 rings (SSSR count). The third-order valence-electron chi connectivity index (χ3n) is 3.65. The van der Waals surface area contributed by atoms with Crippen molar-refractivity contribution in [2.24, 2.45) is 5.84 Å². The maximum Gasteiger partial charge on any atom is 0.251 e. The Hall–Kier alpha value is -1.14. The van der Waals surface area contributed by atoms with Crippen LogP contribution in [0.25, 0.3) is 0 Å². The predicted molar refractivity (Wildman–Crippen MR) is 69.4 cm³/mol. The molecule has 104 valence electrons. The van der Waals surface area contributed by atoms with Crippen molar-refractivity contribution in [1.29, 1.82) is 0 Å². The first-order chi connectivity index (χ1) is 8.36. The van der Waals surface area contributed by atoms with E-state index in [4.69, 9.17) is 5.84 Å². The molecule has 1 atom stereocenters. The minimum atomic E-state index is -0.667. The van der Waals surface area contributed by atoms with E-state index >= 15 is 0 Å². The molecule has 3 N–H and O–H groups in total. The zero-order valence-electron chi connectivity index (χ0n) is 11.7. The lowest BCUT2D eigenvalue weighted by Crippen LogP contribution is -2.67. The van der Waals surface area contributed by atoms with Gasteiger partial charge < -0.3 is 4.90 Å². The van der Waals surface area contributed by atoms with Gasteiger partial charge in [-0.2, -0.15) is 0 Å². The molecule has 1 heterocycles. The second-order valence-corrected chi connectivity index (χ2v) is 5.29. The van der Waals surface area contributed by atoms with Crippen molar-refractivity contribution in [2.75, 3.05) is 20.1 Å². The molecule has 1 fully saturated rings. The van der Waals surface area contributed by atoms with Crippen molar-refractivity contribution in [3.8, 4) is 0 Å². The first-order valence-corrected chi connectivity index (χ1v) is 6.39. The number of nitrogens with zero attached hydrogens (tertiary/aromatic N) is 2. The van der Waals surface area contributed by atoms with Gasteiger partial charge in [0, 0.05) is 20.1 Å². The smallest absolute Gasteiger partial charge is 0.251 e. The minimum absolute atomic E-state index is 0.0414. The number of hydrogen-bond donors (Lipinski definition) is 2. The second-order valence-electron chi connectivity index (χ2n) is 5.29. The van der Waals surface area contributed by atoms with Gasteiger partial charge in [-0.3, -0.25) is 19.9 Å². The molecule has 0 saturated carbocycles. The molecule has 1 saturated heterocycles. The van der Waals surface area contributed by atoms with E-state index in [9.17, 15) is 9.59 Å². The van der Waals surface area contributed by atoms with E-state index in [0.29, 0.717) is 19.5 Å². The summed E-state index contributed by atoms with van der Waals surface area (Å²) in [6.45, 7) is 7.06. The van der Waals surface area contributed by atoms with Crippen LogP contribution in [0.5, 0.6) is 0 Å². The van der Waals surface area contributed by atoms with Gasteiger partial charge in [-0.05, 0) is 20.3 Å². The van der Waals surface area contributed by atoms with Gasteiger partial charge in [-0.15, -0.1) is 0 Å². The molecular weight excluding hydrogens is 232 g/mol. The highest BCUT2D eigenvalue weighted by atomic mass is 16.2. The summed E-state index contributed by atoms with van der Waals surface area (Å²) < 4.78 is 0. The summed E-state index contributed by atoms with van der Waals surface area (Å²) in [5, 5.41) is 0. The van der Waals surface area contributed by atoms with Crippen LogP contribution in [0.2, 0.25) is 0 Å². The van der Waals surface area contributed by atoms with Crippen LogP contribution < -0.4 is 11.3 Å². The Morgan fingerprint density at radius 3 is 2.61 bits per heavy atom. The van der Waals surface area contributed by atoms with Crippen LogP contribution in [0.3, 0.4) is 0 Å². The Morgan fingerprint density at radius 1 is 1.50 bits per heavy atom. The van der Waals surface area contributed by atoms with Gasteiger partial charge in [0.1, 0.15) is 0 Å². The van der Waals surface area contributed by atoms with E-state index < -0.39 is 5.54 Å². The van der Waals surface area contributed by atoms with Gasteiger partial charge in [-0.25, -0.2) is 5.84 Å². The monoisotopic (exact) mass is 256 g/mol. The SMILES string of the molecule is CCCC(C(=O)NN)N1CCN(C)C(=O)C1(C)C. The Morgan fingerprint density at radius 2 is 2.11 bits per heavy atom. The number of likely N-dealkylation sites (N-methyl/N-ethyl adjacent to an activating group) is 1. The Kier molecular flexibility index (Phi) is 4.70. The molecular formula is C12H24N4O2. The molecule has 18 heavy (non-hydrogen) atoms. The van der Waals surface area contributed by atoms with E-state index in [1.165, 1.54) is 0 Å². The van der Waals surface area contributed by atoms with Crippen molar-refractivity contribution in [2.45, 2.75) is 45.2 Å². The van der Waals surface area contributed by atoms with Crippen molar-refractivity contribution in [3.63, 3.8) is 0 Å². The highest BCUT2D eigenvalue weighted by Gasteiger charge is 2.45. The standard InChI is InChI=1S/C12H24N4O2/c1-5-6-9(10(17)14-13)16-8-7-15(4)11(18)12(16,2)3/h9H,5-8,13H2,1-4H3,(H,14,17). The number of carbonyl (C=O) groups is 2. The summed E-state index contributed by atoms with van der Waals surface area (Å²) in [5.41, 5.74) is 1.54. The summed E-state index contributed by atoms with van der Waals surface area (Å²) in [6, 6.07) is -0.340. The predicted octanol–water partition coefficient (Wildman–Crippen LogP) is -0.302. The first kappa shape index (κ1) is 14.9. The van der Waals surface area contributed by atoms with Crippen LogP contribution in [-0.2, 0) is 9.59 Å². The zero-order chi connectivity index (χ0) is 13.9. The van der Waals surface area contributed by atoms with Gasteiger partial charge in [0.25, 0.3) is 5.91 Å². The van der Waals surface area contributed by atoms with E-state index in [1.54, 1.807) is 11.9 Å². The molecule has 0 radical (unpaired) electrons. The summed E-state index contributed by atoms with van der Waals surface area (Å²) in [7, 11) is 1.79. The average molecular weight is 256 g/mol. The van der Waals surface area contributed by atoms with Crippen LogP contribution in [0, 0.1) is 0 Å². The van der Waals surface area contributed by atoms with Gasteiger partial charge >= 0.3 is 0 Å². The quantitative estimate of drug-likeness (QED) is 0.411. The summed E-state index contributed by atoms with van der Waals surface area (Å²) >= 11 is 0. The highest BCUT2D eigenvalue weighted by molar-refractivity contribution is 5.88. The molecule has 6 heteroatoms. The average Bonchev–Trinajstić information content (AvgIpc) is 2.33. The van der Waals surface area contributed by atoms with Crippen LogP contribution in [0.4, 0.5) is 0 Å². The van der Waals surface area contributed by atoms with Crippen molar-refractivity contribution in [3.05, 3.63) is 0 Å². The van der Waals surface area contributed by atoms with E-state index in [-0.39, 0.29) is 17.9 Å². The number of carbonyl (C=O) groups excluding carboxylic acids is 2. The molecule has 0 aliphatic carbocycles. The third kappa shape index (κ3) is 2.64. The molecule has 6 nitrogen and oxygen atoms in total. The lowest BCUT2D eigenvalue weighted by Gasteiger charge is -2.47. The Balaban J connectivity index is 2.97. The van der Waals surface area contributed by atoms with Gasteiger partial charge in [0.05, 0.1) is 11.6 Å². The van der Waals surface area contributed by atoms with Crippen LogP contribution in [0.1, 0.15) is 33.6 Å². The third-order valence-corrected chi connectivity index (χ3v) is 3.65. The molecule has 0 aromatic rings. The molecule has 0 spiro atoms. The van der Waals surface area contributed by atoms with E-state index in [1.807, 2.05) is 25.7 Å². The summed E-state index contributed by atoms with van der Waals surface area (Å²) in [5.74, 6) is 5.06. The van der Waals surface area contributed by atoms with Crippen molar-refractivity contribution < 1.29 is 9.59 Å². The minimum Gasteiger partial charge on any atom is -0.343 e. The van der Waals surface area contributed by atoms with Crippen molar-refractivity contribution >= 4 is 11.8 Å². The largest absolute Gasteiger partial charge is 0.343 e. The van der Waals surface area contributed by atoms with Crippen LogP contribution in [0.15, 0.2) is 0 Å². The fourth-order valence-electron chi connectivity index (χ4n) is 2.57.